The highest BCUT2D eigenvalue weighted by Crippen LogP contribution is 2.24. The molecule has 0 aliphatic carbocycles. The van der Waals surface area contributed by atoms with E-state index in [0.29, 0.717) is 32.5 Å². The molecule has 1 aromatic rings. The van der Waals surface area contributed by atoms with Crippen LogP contribution in [0.3, 0.4) is 0 Å². The third kappa shape index (κ3) is 5.59. The molecule has 0 atom stereocenters. The summed E-state index contributed by atoms with van der Waals surface area (Å²) in [6.07, 6.45) is 2.57. The first kappa shape index (κ1) is 21.5. The number of esters is 1. The van der Waals surface area contributed by atoms with E-state index in [-0.39, 0.29) is 28.8 Å². The van der Waals surface area contributed by atoms with Gasteiger partial charge in [-0.1, -0.05) is 32.9 Å². The van der Waals surface area contributed by atoms with Gasteiger partial charge in [0.2, 0.25) is 0 Å². The van der Waals surface area contributed by atoms with Crippen molar-refractivity contribution in [3.63, 3.8) is 0 Å². The van der Waals surface area contributed by atoms with Crippen molar-refractivity contribution in [2.24, 2.45) is 5.92 Å². The van der Waals surface area contributed by atoms with E-state index in [9.17, 15) is 14.9 Å². The van der Waals surface area contributed by atoms with Crippen molar-refractivity contribution in [1.82, 2.24) is 4.90 Å². The SMILES string of the molecule is CCOC(=O)C1CCN(C(=O)/C(C#N)=C\Nc2ccc(C(C)(C)C)cc2)CC1. The van der Waals surface area contributed by atoms with Crippen molar-refractivity contribution in [1.29, 1.82) is 5.26 Å². The number of likely N-dealkylation sites (tertiary alicyclic amines) is 1. The first-order chi connectivity index (χ1) is 13.3. The van der Waals surface area contributed by atoms with Gasteiger partial charge in [0, 0.05) is 25.0 Å². The number of nitrogens with zero attached hydrogens (tertiary/aromatic N) is 2. The smallest absolute Gasteiger partial charge is 0.309 e. The van der Waals surface area contributed by atoms with Crippen LogP contribution in [0.25, 0.3) is 0 Å². The van der Waals surface area contributed by atoms with Gasteiger partial charge in [0.25, 0.3) is 5.91 Å². The number of benzene rings is 1. The molecule has 1 saturated heterocycles. The van der Waals surface area contributed by atoms with Gasteiger partial charge in [0.05, 0.1) is 12.5 Å². The first-order valence-electron chi connectivity index (χ1n) is 9.69. The molecule has 150 valence electrons. The molecule has 6 heteroatoms. The van der Waals surface area contributed by atoms with E-state index in [1.165, 1.54) is 11.8 Å². The highest BCUT2D eigenvalue weighted by atomic mass is 16.5. The van der Waals surface area contributed by atoms with Crippen LogP contribution < -0.4 is 5.32 Å². The fraction of sp³-hybridized carbons (Fsp3) is 0.500. The fourth-order valence-corrected chi connectivity index (χ4v) is 3.11. The average molecular weight is 383 g/mol. The molecule has 1 fully saturated rings. The summed E-state index contributed by atoms with van der Waals surface area (Å²) >= 11 is 0. The maximum Gasteiger partial charge on any atom is 0.309 e. The van der Waals surface area contributed by atoms with Gasteiger partial charge in [-0.3, -0.25) is 9.59 Å². The maximum absolute atomic E-state index is 12.6. The zero-order valence-corrected chi connectivity index (χ0v) is 17.1. The highest BCUT2D eigenvalue weighted by molar-refractivity contribution is 5.97. The molecule has 2 rings (SSSR count). The molecule has 0 unspecified atom stereocenters. The second-order valence-corrected chi connectivity index (χ2v) is 7.96. The van der Waals surface area contributed by atoms with E-state index in [0.717, 1.165) is 5.69 Å². The minimum atomic E-state index is -0.316. The van der Waals surface area contributed by atoms with E-state index < -0.39 is 0 Å². The number of carbonyl (C=O) groups is 2. The van der Waals surface area contributed by atoms with Crippen LogP contribution in [0.1, 0.15) is 46.1 Å². The van der Waals surface area contributed by atoms with Gasteiger partial charge in [-0.2, -0.15) is 5.26 Å². The van der Waals surface area contributed by atoms with Crippen molar-refractivity contribution in [3.8, 4) is 6.07 Å². The third-order valence-corrected chi connectivity index (χ3v) is 4.89. The van der Waals surface area contributed by atoms with Crippen molar-refractivity contribution < 1.29 is 14.3 Å². The number of amides is 1. The summed E-state index contributed by atoms with van der Waals surface area (Å²) in [4.78, 5) is 26.0. The third-order valence-electron chi connectivity index (χ3n) is 4.89. The zero-order chi connectivity index (χ0) is 20.7. The van der Waals surface area contributed by atoms with Gasteiger partial charge >= 0.3 is 5.97 Å². The Morgan fingerprint density at radius 2 is 1.86 bits per heavy atom. The lowest BCUT2D eigenvalue weighted by Crippen LogP contribution is -2.41. The lowest BCUT2D eigenvalue weighted by atomic mass is 9.87. The number of rotatable bonds is 5. The van der Waals surface area contributed by atoms with Gasteiger partial charge in [0.15, 0.2) is 0 Å². The van der Waals surface area contributed by atoms with E-state index in [1.54, 1.807) is 11.8 Å². The summed E-state index contributed by atoms with van der Waals surface area (Å²) in [7, 11) is 0. The normalized spacial score (nSPS) is 15.7. The van der Waals surface area contributed by atoms with E-state index in [1.807, 2.05) is 30.3 Å². The minimum absolute atomic E-state index is 0.0504. The number of carbonyl (C=O) groups excluding carboxylic acids is 2. The Balaban J connectivity index is 1.96. The topological polar surface area (TPSA) is 82.4 Å². The Bertz CT molecular complexity index is 762. The molecule has 1 N–H and O–H groups in total. The number of hydrogen-bond donors (Lipinski definition) is 1. The van der Waals surface area contributed by atoms with Crippen LogP contribution in [0.15, 0.2) is 36.0 Å². The van der Waals surface area contributed by atoms with Crippen LogP contribution in [-0.2, 0) is 19.7 Å². The van der Waals surface area contributed by atoms with Crippen LogP contribution >= 0.6 is 0 Å². The Kier molecular flexibility index (Phi) is 7.22. The number of anilines is 1. The largest absolute Gasteiger partial charge is 0.466 e. The van der Waals surface area contributed by atoms with Crippen LogP contribution in [-0.4, -0.2) is 36.5 Å². The van der Waals surface area contributed by atoms with E-state index in [2.05, 4.69) is 26.1 Å². The monoisotopic (exact) mass is 383 g/mol. The van der Waals surface area contributed by atoms with Crippen LogP contribution in [0.5, 0.6) is 0 Å². The second kappa shape index (κ2) is 9.41. The highest BCUT2D eigenvalue weighted by Gasteiger charge is 2.29. The summed E-state index contributed by atoms with van der Waals surface area (Å²) in [6, 6.07) is 9.90. The van der Waals surface area contributed by atoms with Crippen molar-refractivity contribution in [2.45, 2.75) is 46.0 Å². The summed E-state index contributed by atoms with van der Waals surface area (Å²) < 4.78 is 5.05. The average Bonchev–Trinajstić information content (AvgIpc) is 2.68. The Hall–Kier alpha value is -2.81. The lowest BCUT2D eigenvalue weighted by Gasteiger charge is -2.30. The van der Waals surface area contributed by atoms with Gasteiger partial charge in [0.1, 0.15) is 11.6 Å². The van der Waals surface area contributed by atoms with Gasteiger partial charge in [-0.15, -0.1) is 0 Å². The predicted molar refractivity (Wildman–Crippen MR) is 108 cm³/mol. The molecule has 1 aliphatic heterocycles. The molecule has 1 amide bonds. The molecule has 28 heavy (non-hydrogen) atoms. The number of piperidine rings is 1. The maximum atomic E-state index is 12.6. The lowest BCUT2D eigenvalue weighted by molar-refractivity contribution is -0.150. The van der Waals surface area contributed by atoms with Crippen molar-refractivity contribution >= 4 is 17.6 Å². The minimum Gasteiger partial charge on any atom is -0.466 e. The van der Waals surface area contributed by atoms with Crippen LogP contribution in [0.4, 0.5) is 5.69 Å². The molecule has 1 aromatic carbocycles. The Labute approximate surface area is 167 Å². The van der Waals surface area contributed by atoms with Crippen molar-refractivity contribution in [3.05, 3.63) is 41.6 Å². The summed E-state index contributed by atoms with van der Waals surface area (Å²) in [5.41, 5.74) is 2.14. The number of nitrogens with one attached hydrogen (secondary N) is 1. The van der Waals surface area contributed by atoms with Gasteiger partial charge in [-0.05, 0) is 42.9 Å². The molecule has 0 saturated carbocycles. The Morgan fingerprint density at radius 3 is 2.36 bits per heavy atom. The molecule has 0 aromatic heterocycles. The summed E-state index contributed by atoms with van der Waals surface area (Å²) in [6.45, 7) is 9.47. The molecule has 0 spiro atoms. The molecule has 0 bridgehead atoms. The zero-order valence-electron chi connectivity index (χ0n) is 17.1. The molecular formula is C22H29N3O3. The van der Waals surface area contributed by atoms with Crippen LogP contribution in [0, 0.1) is 17.2 Å². The van der Waals surface area contributed by atoms with Gasteiger partial charge in [-0.25, -0.2) is 0 Å². The fourth-order valence-electron chi connectivity index (χ4n) is 3.11. The Morgan fingerprint density at radius 1 is 1.25 bits per heavy atom. The summed E-state index contributed by atoms with van der Waals surface area (Å²) in [5, 5.41) is 12.4. The molecule has 6 nitrogen and oxygen atoms in total. The molecule has 1 aliphatic rings. The molecular weight excluding hydrogens is 354 g/mol. The number of ether oxygens (including phenoxy) is 1. The second-order valence-electron chi connectivity index (χ2n) is 7.96. The molecule has 1 heterocycles. The van der Waals surface area contributed by atoms with Crippen LogP contribution in [0.2, 0.25) is 0 Å². The predicted octanol–water partition coefficient (Wildman–Crippen LogP) is 3.61. The number of hydrogen-bond acceptors (Lipinski definition) is 5. The summed E-state index contributed by atoms with van der Waals surface area (Å²) in [5.74, 6) is -0.687. The standard InChI is InChI=1S/C22H29N3O3/c1-5-28-21(27)16-10-12-25(13-11-16)20(26)17(14-23)15-24-19-8-6-18(7-9-19)22(2,3)4/h6-9,15-16,24H,5,10-13H2,1-4H3/b17-15-. The van der Waals surface area contributed by atoms with Crippen molar-refractivity contribution in [2.75, 3.05) is 25.0 Å². The molecule has 0 radical (unpaired) electrons. The van der Waals surface area contributed by atoms with E-state index in [4.69, 9.17) is 4.74 Å². The van der Waals surface area contributed by atoms with Gasteiger partial charge < -0.3 is 15.0 Å². The number of nitriles is 1. The quantitative estimate of drug-likeness (QED) is 0.477. The van der Waals surface area contributed by atoms with E-state index >= 15 is 0 Å². The first-order valence-corrected chi connectivity index (χ1v) is 9.69.